The van der Waals surface area contributed by atoms with Crippen LogP contribution < -0.4 is 10.0 Å². The van der Waals surface area contributed by atoms with Crippen molar-refractivity contribution in [3.8, 4) is 0 Å². The van der Waals surface area contributed by atoms with E-state index < -0.39 is 21.9 Å². The lowest BCUT2D eigenvalue weighted by molar-refractivity contribution is 0.0593. The number of benzene rings is 1. The molecule has 0 atom stereocenters. The van der Waals surface area contributed by atoms with Crippen molar-refractivity contribution in [1.82, 2.24) is 15.0 Å². The van der Waals surface area contributed by atoms with Gasteiger partial charge in [-0.3, -0.25) is 9.59 Å². The van der Waals surface area contributed by atoms with Crippen molar-refractivity contribution < 1.29 is 27.5 Å². The fourth-order valence-corrected chi connectivity index (χ4v) is 3.02. The van der Waals surface area contributed by atoms with Crippen molar-refractivity contribution in [3.63, 3.8) is 0 Å². The molecule has 10 heteroatoms. The highest BCUT2D eigenvalue weighted by Crippen LogP contribution is 2.12. The van der Waals surface area contributed by atoms with Crippen LogP contribution in [0, 0.1) is 0 Å². The number of sulfonamides is 1. The number of esters is 1. The zero-order valence-corrected chi connectivity index (χ0v) is 15.4. The summed E-state index contributed by atoms with van der Waals surface area (Å²) in [6.45, 7) is 2.20. The molecule has 2 amide bonds. The largest absolute Gasteiger partial charge is 0.464 e. The normalized spacial score (nSPS) is 10.7. The van der Waals surface area contributed by atoms with Gasteiger partial charge in [0.1, 0.15) is 5.69 Å². The first-order chi connectivity index (χ1) is 12.8. The van der Waals surface area contributed by atoms with Crippen LogP contribution in [-0.4, -0.2) is 44.8 Å². The van der Waals surface area contributed by atoms with Crippen LogP contribution in [0.1, 0.15) is 38.1 Å². The molecule has 2 aromatic rings. The van der Waals surface area contributed by atoms with Gasteiger partial charge < -0.3 is 10.1 Å². The highest BCUT2D eigenvalue weighted by atomic mass is 32.2. The molecular weight excluding hydrogens is 374 g/mol. The molecule has 2 rings (SSSR count). The van der Waals surface area contributed by atoms with Crippen LogP contribution in [-0.2, 0) is 14.8 Å². The maximum Gasteiger partial charge on any atom is 0.356 e. The standard InChI is InChI=1S/C17H17N3O6S/c1-3-18-15(21)11-4-7-13(8-5-11)27(24,25)20-16(22)12-6-9-14(19-10-12)17(23)26-2/h4-10H,3H2,1-2H3,(H,18,21)(H,20,22). The van der Waals surface area contributed by atoms with Gasteiger partial charge in [-0.2, -0.15) is 0 Å². The van der Waals surface area contributed by atoms with Gasteiger partial charge >= 0.3 is 5.97 Å². The van der Waals surface area contributed by atoms with Gasteiger partial charge in [0.25, 0.3) is 21.8 Å². The minimum absolute atomic E-state index is 0.0159. The molecule has 1 aromatic heterocycles. The molecule has 1 heterocycles. The average Bonchev–Trinajstić information content (AvgIpc) is 2.67. The molecule has 0 radical (unpaired) electrons. The van der Waals surface area contributed by atoms with E-state index in [1.54, 1.807) is 6.92 Å². The van der Waals surface area contributed by atoms with E-state index in [1.165, 1.54) is 43.5 Å². The molecule has 0 aliphatic carbocycles. The zero-order chi connectivity index (χ0) is 20.0. The summed E-state index contributed by atoms with van der Waals surface area (Å²) in [5, 5.41) is 2.59. The lowest BCUT2D eigenvalue weighted by Gasteiger charge is -2.08. The number of nitrogens with zero attached hydrogens (tertiary/aromatic N) is 1. The summed E-state index contributed by atoms with van der Waals surface area (Å²) in [5.41, 5.74) is 0.229. The van der Waals surface area contributed by atoms with Gasteiger partial charge in [0.2, 0.25) is 0 Å². The van der Waals surface area contributed by atoms with Crippen LogP contribution in [0.2, 0.25) is 0 Å². The fraction of sp³-hybridized carbons (Fsp3) is 0.176. The van der Waals surface area contributed by atoms with Gasteiger partial charge in [-0.25, -0.2) is 22.9 Å². The van der Waals surface area contributed by atoms with Gasteiger partial charge in [-0.05, 0) is 43.3 Å². The Morgan fingerprint density at radius 3 is 2.15 bits per heavy atom. The summed E-state index contributed by atoms with van der Waals surface area (Å²) in [7, 11) is -2.96. The number of methoxy groups -OCH3 is 1. The quantitative estimate of drug-likeness (QED) is 0.694. The van der Waals surface area contributed by atoms with Crippen molar-refractivity contribution >= 4 is 27.8 Å². The molecule has 0 aliphatic heterocycles. The topological polar surface area (TPSA) is 132 Å². The number of rotatable bonds is 6. The number of nitrogens with one attached hydrogen (secondary N) is 2. The second-order valence-electron chi connectivity index (χ2n) is 5.24. The predicted molar refractivity (Wildman–Crippen MR) is 94.7 cm³/mol. The predicted octanol–water partition coefficient (Wildman–Crippen LogP) is 0.737. The van der Waals surface area contributed by atoms with Crippen LogP contribution in [0.4, 0.5) is 0 Å². The molecular formula is C17H17N3O6S. The van der Waals surface area contributed by atoms with Crippen LogP contribution >= 0.6 is 0 Å². The first-order valence-electron chi connectivity index (χ1n) is 7.78. The zero-order valence-electron chi connectivity index (χ0n) is 14.6. The Morgan fingerprint density at radius 1 is 1.00 bits per heavy atom. The summed E-state index contributed by atoms with van der Waals surface area (Å²) >= 11 is 0. The molecule has 1 aromatic carbocycles. The van der Waals surface area contributed by atoms with Crippen molar-refractivity contribution in [2.45, 2.75) is 11.8 Å². The minimum Gasteiger partial charge on any atom is -0.464 e. The van der Waals surface area contributed by atoms with Gasteiger partial charge in [0, 0.05) is 18.3 Å². The monoisotopic (exact) mass is 391 g/mol. The molecule has 0 bridgehead atoms. The molecule has 0 saturated carbocycles. The fourth-order valence-electron chi connectivity index (χ4n) is 2.04. The van der Waals surface area contributed by atoms with E-state index in [2.05, 4.69) is 15.0 Å². The Balaban J connectivity index is 2.14. The van der Waals surface area contributed by atoms with Crippen molar-refractivity contribution in [3.05, 3.63) is 59.4 Å². The van der Waals surface area contributed by atoms with E-state index in [0.717, 1.165) is 6.20 Å². The summed E-state index contributed by atoms with van der Waals surface area (Å²) in [6, 6.07) is 7.63. The van der Waals surface area contributed by atoms with Gasteiger partial charge in [0.15, 0.2) is 0 Å². The van der Waals surface area contributed by atoms with Crippen LogP contribution in [0.25, 0.3) is 0 Å². The molecule has 9 nitrogen and oxygen atoms in total. The molecule has 0 unspecified atom stereocenters. The molecule has 0 fully saturated rings. The highest BCUT2D eigenvalue weighted by Gasteiger charge is 2.20. The summed E-state index contributed by atoms with van der Waals surface area (Å²) in [6.07, 6.45) is 1.06. The molecule has 0 saturated heterocycles. The maximum absolute atomic E-state index is 12.3. The lowest BCUT2D eigenvalue weighted by atomic mass is 10.2. The van der Waals surface area contributed by atoms with E-state index in [9.17, 15) is 22.8 Å². The molecule has 0 spiro atoms. The van der Waals surface area contributed by atoms with E-state index in [4.69, 9.17) is 0 Å². The molecule has 2 N–H and O–H groups in total. The Hall–Kier alpha value is -3.27. The number of carbonyl (C=O) groups excluding carboxylic acids is 3. The third-order valence-corrected chi connectivity index (χ3v) is 4.76. The van der Waals surface area contributed by atoms with Crippen LogP contribution in [0.5, 0.6) is 0 Å². The molecule has 142 valence electrons. The Labute approximate surface area is 155 Å². The third-order valence-electron chi connectivity index (χ3n) is 3.41. The van der Waals surface area contributed by atoms with Gasteiger partial charge in [0.05, 0.1) is 17.6 Å². The average molecular weight is 391 g/mol. The number of aromatic nitrogens is 1. The number of carbonyl (C=O) groups is 3. The number of pyridine rings is 1. The number of ether oxygens (including phenoxy) is 1. The van der Waals surface area contributed by atoms with Crippen molar-refractivity contribution in [2.24, 2.45) is 0 Å². The Bertz CT molecular complexity index is 953. The summed E-state index contributed by atoms with van der Waals surface area (Å²) < 4.78 is 31.0. The minimum atomic E-state index is -4.14. The second-order valence-corrected chi connectivity index (χ2v) is 6.92. The van der Waals surface area contributed by atoms with Gasteiger partial charge in [-0.15, -0.1) is 0 Å². The second kappa shape index (κ2) is 8.41. The number of amides is 2. The lowest BCUT2D eigenvalue weighted by Crippen LogP contribution is -2.31. The first kappa shape index (κ1) is 20.0. The third kappa shape index (κ3) is 4.88. The summed E-state index contributed by atoms with van der Waals surface area (Å²) in [4.78, 5) is 38.7. The molecule has 27 heavy (non-hydrogen) atoms. The van der Waals surface area contributed by atoms with E-state index >= 15 is 0 Å². The SMILES string of the molecule is CCNC(=O)c1ccc(S(=O)(=O)NC(=O)c2ccc(C(=O)OC)nc2)cc1. The van der Waals surface area contributed by atoms with Crippen LogP contribution in [0.15, 0.2) is 47.5 Å². The Morgan fingerprint density at radius 2 is 1.63 bits per heavy atom. The summed E-state index contributed by atoms with van der Waals surface area (Å²) in [5.74, 6) is -1.92. The van der Waals surface area contributed by atoms with Crippen molar-refractivity contribution in [2.75, 3.05) is 13.7 Å². The first-order valence-corrected chi connectivity index (χ1v) is 9.26. The van der Waals surface area contributed by atoms with Crippen LogP contribution in [0.3, 0.4) is 0 Å². The van der Waals surface area contributed by atoms with E-state index in [-0.39, 0.29) is 22.1 Å². The number of hydrogen-bond donors (Lipinski definition) is 2. The van der Waals surface area contributed by atoms with Gasteiger partial charge in [-0.1, -0.05) is 0 Å². The van der Waals surface area contributed by atoms with E-state index in [0.29, 0.717) is 12.1 Å². The Kier molecular flexibility index (Phi) is 6.24. The van der Waals surface area contributed by atoms with E-state index in [1.807, 2.05) is 4.72 Å². The smallest absolute Gasteiger partial charge is 0.356 e. The maximum atomic E-state index is 12.3. The highest BCUT2D eigenvalue weighted by molar-refractivity contribution is 7.90. The number of hydrogen-bond acceptors (Lipinski definition) is 7. The van der Waals surface area contributed by atoms with Crippen molar-refractivity contribution in [1.29, 1.82) is 0 Å². The molecule has 0 aliphatic rings.